The van der Waals surface area contributed by atoms with Crippen molar-refractivity contribution >= 4 is 23.5 Å². The normalized spacial score (nSPS) is 12.2. The van der Waals surface area contributed by atoms with E-state index in [0.29, 0.717) is 0 Å². The average molecular weight is 272 g/mol. The zero-order chi connectivity index (χ0) is 13.7. The minimum atomic E-state index is -0.938. The molecule has 0 fully saturated rings. The zero-order valence-electron chi connectivity index (χ0n) is 10.1. The Bertz CT molecular complexity index is 434. The van der Waals surface area contributed by atoms with Crippen LogP contribution < -0.4 is 5.32 Å². The van der Waals surface area contributed by atoms with Gasteiger partial charge in [-0.25, -0.2) is 9.97 Å². The summed E-state index contributed by atoms with van der Waals surface area (Å²) in [6.07, 6.45) is 2.50. The Hall–Kier alpha value is -1.69. The van der Waals surface area contributed by atoms with E-state index in [0.717, 1.165) is 0 Å². The predicted octanol–water partition coefficient (Wildman–Crippen LogP) is 1.22. The standard InChI is InChI=1S/C11H14ClN3O3/c1-6(2)7(11(17)18)3-15-10(16)8-4-14-9(12)5-13-8/h4-7H,3H2,1-2H3,(H,15,16)(H,17,18). The number of hydrogen-bond acceptors (Lipinski definition) is 4. The third kappa shape index (κ3) is 3.96. The number of nitrogens with zero attached hydrogens (tertiary/aromatic N) is 2. The number of carboxylic acids is 1. The lowest BCUT2D eigenvalue weighted by Crippen LogP contribution is -2.35. The monoisotopic (exact) mass is 271 g/mol. The van der Waals surface area contributed by atoms with Gasteiger partial charge in [0.15, 0.2) is 0 Å². The number of amides is 1. The molecule has 0 aromatic carbocycles. The Balaban J connectivity index is 2.60. The summed E-state index contributed by atoms with van der Waals surface area (Å²) in [6.45, 7) is 3.62. The van der Waals surface area contributed by atoms with Gasteiger partial charge in [-0.2, -0.15) is 0 Å². The van der Waals surface area contributed by atoms with Gasteiger partial charge in [0.25, 0.3) is 5.91 Å². The van der Waals surface area contributed by atoms with Crippen LogP contribution >= 0.6 is 11.6 Å². The molecule has 1 aromatic heterocycles. The molecular weight excluding hydrogens is 258 g/mol. The third-order valence-electron chi connectivity index (χ3n) is 2.46. The van der Waals surface area contributed by atoms with E-state index in [4.69, 9.17) is 16.7 Å². The fourth-order valence-electron chi connectivity index (χ4n) is 1.33. The van der Waals surface area contributed by atoms with Crippen molar-refractivity contribution in [3.05, 3.63) is 23.2 Å². The van der Waals surface area contributed by atoms with Gasteiger partial charge in [0, 0.05) is 6.54 Å². The first kappa shape index (κ1) is 14.4. The lowest BCUT2D eigenvalue weighted by molar-refractivity contribution is -0.142. The second-order valence-electron chi connectivity index (χ2n) is 4.12. The van der Waals surface area contributed by atoms with Gasteiger partial charge in [-0.3, -0.25) is 9.59 Å². The molecule has 1 aromatic rings. The lowest BCUT2D eigenvalue weighted by Gasteiger charge is -2.16. The topological polar surface area (TPSA) is 92.2 Å². The van der Waals surface area contributed by atoms with Crippen LogP contribution in [0.5, 0.6) is 0 Å². The van der Waals surface area contributed by atoms with Crippen molar-refractivity contribution in [3.63, 3.8) is 0 Å². The molecule has 0 aliphatic carbocycles. The van der Waals surface area contributed by atoms with E-state index in [9.17, 15) is 9.59 Å². The van der Waals surface area contributed by atoms with Crippen LogP contribution in [0.1, 0.15) is 24.3 Å². The van der Waals surface area contributed by atoms with E-state index in [1.165, 1.54) is 12.4 Å². The van der Waals surface area contributed by atoms with Gasteiger partial charge in [0.05, 0.1) is 18.3 Å². The molecule has 1 amide bonds. The van der Waals surface area contributed by atoms with Crippen molar-refractivity contribution in [1.82, 2.24) is 15.3 Å². The molecule has 18 heavy (non-hydrogen) atoms. The van der Waals surface area contributed by atoms with Crippen LogP contribution in [0.15, 0.2) is 12.4 Å². The maximum absolute atomic E-state index is 11.7. The fraction of sp³-hybridized carbons (Fsp3) is 0.455. The maximum Gasteiger partial charge on any atom is 0.308 e. The lowest BCUT2D eigenvalue weighted by atomic mass is 9.96. The molecule has 1 rings (SSSR count). The molecule has 6 nitrogen and oxygen atoms in total. The minimum absolute atomic E-state index is 0.0517. The van der Waals surface area contributed by atoms with Crippen molar-refractivity contribution in [3.8, 4) is 0 Å². The van der Waals surface area contributed by atoms with Crippen molar-refractivity contribution < 1.29 is 14.7 Å². The number of carboxylic acid groups (broad SMARTS) is 1. The number of aliphatic carboxylic acids is 1. The van der Waals surface area contributed by atoms with Gasteiger partial charge < -0.3 is 10.4 Å². The molecule has 98 valence electrons. The van der Waals surface area contributed by atoms with Crippen LogP contribution in [-0.2, 0) is 4.79 Å². The Morgan fingerprint density at radius 3 is 2.50 bits per heavy atom. The van der Waals surface area contributed by atoms with Gasteiger partial charge in [-0.05, 0) is 5.92 Å². The van der Waals surface area contributed by atoms with Crippen LogP contribution in [0.25, 0.3) is 0 Å². The highest BCUT2D eigenvalue weighted by molar-refractivity contribution is 6.29. The summed E-state index contributed by atoms with van der Waals surface area (Å²) >= 11 is 5.54. The first-order valence-corrected chi connectivity index (χ1v) is 5.78. The molecule has 1 unspecified atom stereocenters. The number of halogens is 1. The Morgan fingerprint density at radius 1 is 1.39 bits per heavy atom. The molecule has 7 heteroatoms. The second kappa shape index (κ2) is 6.30. The van der Waals surface area contributed by atoms with Gasteiger partial charge in [0.1, 0.15) is 10.8 Å². The third-order valence-corrected chi connectivity index (χ3v) is 2.65. The largest absolute Gasteiger partial charge is 0.481 e. The summed E-state index contributed by atoms with van der Waals surface area (Å²) < 4.78 is 0. The van der Waals surface area contributed by atoms with Crippen LogP contribution in [0.3, 0.4) is 0 Å². The zero-order valence-corrected chi connectivity index (χ0v) is 10.8. The van der Waals surface area contributed by atoms with E-state index in [1.54, 1.807) is 13.8 Å². The number of rotatable bonds is 5. The van der Waals surface area contributed by atoms with Gasteiger partial charge in [0.2, 0.25) is 0 Å². The molecule has 0 bridgehead atoms. The average Bonchev–Trinajstić information content (AvgIpc) is 2.28. The highest BCUT2D eigenvalue weighted by atomic mass is 35.5. The Labute approximate surface area is 109 Å². The fourth-order valence-corrected chi connectivity index (χ4v) is 1.43. The summed E-state index contributed by atoms with van der Waals surface area (Å²) in [5, 5.41) is 11.7. The smallest absolute Gasteiger partial charge is 0.308 e. The maximum atomic E-state index is 11.7. The predicted molar refractivity (Wildman–Crippen MR) is 65.3 cm³/mol. The molecule has 1 atom stereocenters. The van der Waals surface area contributed by atoms with E-state index in [2.05, 4.69) is 15.3 Å². The van der Waals surface area contributed by atoms with Gasteiger partial charge in [-0.15, -0.1) is 0 Å². The summed E-state index contributed by atoms with van der Waals surface area (Å²) in [6, 6.07) is 0. The molecule has 0 aliphatic rings. The SMILES string of the molecule is CC(C)C(CNC(=O)c1cnc(Cl)cn1)C(=O)O. The molecule has 0 aliphatic heterocycles. The number of aromatic nitrogens is 2. The van der Waals surface area contributed by atoms with Crippen LogP contribution in [0.4, 0.5) is 0 Å². The molecular formula is C11H14ClN3O3. The molecule has 0 saturated heterocycles. The summed E-state index contributed by atoms with van der Waals surface area (Å²) in [4.78, 5) is 30.1. The quantitative estimate of drug-likeness (QED) is 0.840. The van der Waals surface area contributed by atoms with E-state index >= 15 is 0 Å². The van der Waals surface area contributed by atoms with Crippen molar-refractivity contribution in [2.75, 3.05) is 6.54 Å². The first-order valence-electron chi connectivity index (χ1n) is 5.40. The van der Waals surface area contributed by atoms with Crippen molar-refractivity contribution in [1.29, 1.82) is 0 Å². The Kier molecular flexibility index (Phi) is 5.03. The summed E-state index contributed by atoms with van der Waals surface area (Å²) in [5.74, 6) is -2.10. The number of hydrogen-bond donors (Lipinski definition) is 2. The van der Waals surface area contributed by atoms with E-state index in [1.807, 2.05) is 0 Å². The highest BCUT2D eigenvalue weighted by Gasteiger charge is 2.22. The molecule has 2 N–H and O–H groups in total. The molecule has 0 radical (unpaired) electrons. The highest BCUT2D eigenvalue weighted by Crippen LogP contribution is 2.10. The number of carbonyl (C=O) groups is 2. The minimum Gasteiger partial charge on any atom is -0.481 e. The van der Waals surface area contributed by atoms with Gasteiger partial charge in [-0.1, -0.05) is 25.4 Å². The second-order valence-corrected chi connectivity index (χ2v) is 4.51. The number of nitrogens with one attached hydrogen (secondary N) is 1. The first-order chi connectivity index (χ1) is 8.41. The summed E-state index contributed by atoms with van der Waals surface area (Å²) in [7, 11) is 0. The van der Waals surface area contributed by atoms with Crippen LogP contribution in [-0.4, -0.2) is 33.5 Å². The van der Waals surface area contributed by atoms with Crippen LogP contribution in [0.2, 0.25) is 5.15 Å². The molecule has 1 heterocycles. The Morgan fingerprint density at radius 2 is 2.06 bits per heavy atom. The van der Waals surface area contributed by atoms with Crippen molar-refractivity contribution in [2.24, 2.45) is 11.8 Å². The molecule has 0 saturated carbocycles. The molecule has 0 spiro atoms. The van der Waals surface area contributed by atoms with Crippen molar-refractivity contribution in [2.45, 2.75) is 13.8 Å². The summed E-state index contributed by atoms with van der Waals surface area (Å²) in [5.41, 5.74) is 0.104. The number of carbonyl (C=O) groups excluding carboxylic acids is 1. The van der Waals surface area contributed by atoms with Gasteiger partial charge >= 0.3 is 5.97 Å². The van der Waals surface area contributed by atoms with Crippen LogP contribution in [0, 0.1) is 11.8 Å². The van der Waals surface area contributed by atoms with E-state index in [-0.39, 0.29) is 23.3 Å². The van der Waals surface area contributed by atoms with E-state index < -0.39 is 17.8 Å².